The van der Waals surface area contributed by atoms with Crippen LogP contribution in [0.4, 0.5) is 0 Å². The van der Waals surface area contributed by atoms with Crippen LogP contribution in [0.15, 0.2) is 24.3 Å². The van der Waals surface area contributed by atoms with E-state index in [2.05, 4.69) is 0 Å². The van der Waals surface area contributed by atoms with Gasteiger partial charge >= 0.3 is 11.9 Å². The molecule has 0 fully saturated rings. The fourth-order valence-electron chi connectivity index (χ4n) is 2.37. The number of carbonyl (C=O) groups is 2. The molecule has 2 aromatic carbocycles. The normalized spacial score (nSPS) is 10.8. The minimum absolute atomic E-state index is 0.000649. The van der Waals surface area contributed by atoms with Crippen molar-refractivity contribution >= 4 is 35.1 Å². The summed E-state index contributed by atoms with van der Waals surface area (Å²) in [4.78, 5) is 24.1. The van der Waals surface area contributed by atoms with E-state index in [0.29, 0.717) is 12.0 Å². The van der Waals surface area contributed by atoms with Crippen molar-refractivity contribution in [2.45, 2.75) is 33.1 Å². The van der Waals surface area contributed by atoms with Crippen molar-refractivity contribution in [3.63, 3.8) is 0 Å². The maximum Gasteiger partial charge on any atom is 0.347 e. The Bertz CT molecular complexity index is 875. The second kappa shape index (κ2) is 7.98. The van der Waals surface area contributed by atoms with Gasteiger partial charge in [0.1, 0.15) is 16.9 Å². The Morgan fingerprint density at radius 2 is 1.73 bits per heavy atom. The molecule has 0 saturated carbocycles. The van der Waals surface area contributed by atoms with Crippen LogP contribution in [0, 0.1) is 0 Å². The first-order valence-electron chi connectivity index (χ1n) is 7.96. The maximum atomic E-state index is 12.6. The van der Waals surface area contributed by atoms with Crippen molar-refractivity contribution in [1.82, 2.24) is 0 Å². The fourth-order valence-corrected chi connectivity index (χ4v) is 2.88. The number of esters is 1. The van der Waals surface area contributed by atoms with Crippen LogP contribution < -0.4 is 4.74 Å². The molecule has 2 rings (SSSR count). The van der Waals surface area contributed by atoms with Crippen LogP contribution in [-0.4, -0.2) is 22.2 Å². The summed E-state index contributed by atoms with van der Waals surface area (Å²) in [6, 6.07) is 5.95. The predicted octanol–water partition coefficient (Wildman–Crippen LogP) is 5.30. The lowest BCUT2D eigenvalue weighted by atomic mass is 10.00. The number of benzene rings is 2. The van der Waals surface area contributed by atoms with Gasteiger partial charge in [-0.2, -0.15) is 0 Å². The molecule has 0 atom stereocenters. The summed E-state index contributed by atoms with van der Waals surface area (Å²) in [5.41, 5.74) is 1.03. The number of carboxylic acid groups (broad SMARTS) is 1. The molecule has 2 N–H and O–H groups in total. The molecule has 0 aliphatic rings. The van der Waals surface area contributed by atoms with Gasteiger partial charge in [-0.1, -0.05) is 44.0 Å². The number of carbonyl (C=O) groups excluding carboxylic acids is 1. The number of phenols is 1. The van der Waals surface area contributed by atoms with Gasteiger partial charge in [-0.3, -0.25) is 0 Å². The average molecular weight is 397 g/mol. The van der Waals surface area contributed by atoms with E-state index in [-0.39, 0.29) is 32.8 Å². The third-order valence-electron chi connectivity index (χ3n) is 3.91. The minimum atomic E-state index is -1.27. The molecule has 0 radical (unpaired) electrons. The third-order valence-corrected chi connectivity index (χ3v) is 4.48. The number of aryl methyl sites for hydroxylation is 1. The quantitative estimate of drug-likeness (QED) is 0.528. The van der Waals surface area contributed by atoms with Crippen LogP contribution >= 0.6 is 23.2 Å². The molecular weight excluding hydrogens is 379 g/mol. The van der Waals surface area contributed by atoms with Crippen molar-refractivity contribution in [1.29, 1.82) is 0 Å². The molecule has 0 unspecified atom stereocenters. The van der Waals surface area contributed by atoms with Gasteiger partial charge in [0.15, 0.2) is 5.75 Å². The number of phenolic OH excluding ortho intramolecular Hbond substituents is 1. The first-order valence-corrected chi connectivity index (χ1v) is 8.71. The highest BCUT2D eigenvalue weighted by Crippen LogP contribution is 2.35. The van der Waals surface area contributed by atoms with E-state index in [1.165, 1.54) is 18.2 Å². The first-order chi connectivity index (χ1) is 12.1. The van der Waals surface area contributed by atoms with Crippen LogP contribution in [0.5, 0.6) is 11.5 Å². The number of aromatic hydroxyl groups is 1. The lowest BCUT2D eigenvalue weighted by Crippen LogP contribution is -2.13. The van der Waals surface area contributed by atoms with E-state index >= 15 is 0 Å². The van der Waals surface area contributed by atoms with E-state index in [1.54, 1.807) is 6.07 Å². The molecule has 138 valence electrons. The predicted molar refractivity (Wildman–Crippen MR) is 100.0 cm³/mol. The molecule has 0 bridgehead atoms. The fraction of sp³-hybridized carbons (Fsp3) is 0.263. The SMILES string of the molecule is CCc1cc(Cl)c(OC(=O)c2cc(C(C)C)cc(Cl)c2O)c(C(=O)O)c1. The summed E-state index contributed by atoms with van der Waals surface area (Å²) >= 11 is 12.1. The summed E-state index contributed by atoms with van der Waals surface area (Å²) in [5, 5.41) is 19.5. The topological polar surface area (TPSA) is 83.8 Å². The number of halogens is 2. The van der Waals surface area contributed by atoms with Gasteiger partial charge in [0, 0.05) is 0 Å². The van der Waals surface area contributed by atoms with E-state index < -0.39 is 17.7 Å². The summed E-state index contributed by atoms with van der Waals surface area (Å²) in [6.45, 7) is 5.65. The zero-order valence-electron chi connectivity index (χ0n) is 14.5. The molecule has 0 heterocycles. The second-order valence-electron chi connectivity index (χ2n) is 6.06. The van der Waals surface area contributed by atoms with Gasteiger partial charge < -0.3 is 14.9 Å². The first kappa shape index (κ1) is 20.1. The van der Waals surface area contributed by atoms with Crippen molar-refractivity contribution in [2.24, 2.45) is 0 Å². The molecule has 0 aliphatic heterocycles. The Kier molecular flexibility index (Phi) is 6.16. The number of carboxylic acids is 1. The van der Waals surface area contributed by atoms with Crippen LogP contribution in [0.3, 0.4) is 0 Å². The Labute approximate surface area is 161 Å². The highest BCUT2D eigenvalue weighted by molar-refractivity contribution is 6.33. The van der Waals surface area contributed by atoms with Gasteiger partial charge in [-0.15, -0.1) is 0 Å². The van der Waals surface area contributed by atoms with Gasteiger partial charge in [-0.25, -0.2) is 9.59 Å². The smallest absolute Gasteiger partial charge is 0.347 e. The van der Waals surface area contributed by atoms with E-state index in [4.69, 9.17) is 27.9 Å². The lowest BCUT2D eigenvalue weighted by Gasteiger charge is -2.14. The Morgan fingerprint density at radius 1 is 1.08 bits per heavy atom. The lowest BCUT2D eigenvalue weighted by molar-refractivity contribution is 0.0681. The number of aromatic carboxylic acids is 1. The summed E-state index contributed by atoms with van der Waals surface area (Å²) in [5.74, 6) is -2.86. The molecule has 0 aliphatic carbocycles. The molecule has 26 heavy (non-hydrogen) atoms. The average Bonchev–Trinajstić information content (AvgIpc) is 2.57. The Hall–Kier alpha value is -2.24. The zero-order valence-corrected chi connectivity index (χ0v) is 16.0. The van der Waals surface area contributed by atoms with Gasteiger partial charge in [0.25, 0.3) is 0 Å². The number of hydrogen-bond acceptors (Lipinski definition) is 4. The largest absolute Gasteiger partial charge is 0.505 e. The number of rotatable bonds is 5. The molecule has 7 heteroatoms. The van der Waals surface area contributed by atoms with Gasteiger partial charge in [0.05, 0.1) is 10.0 Å². The number of ether oxygens (including phenoxy) is 1. The van der Waals surface area contributed by atoms with Crippen LogP contribution in [0.25, 0.3) is 0 Å². The summed E-state index contributed by atoms with van der Waals surface area (Å²) in [7, 11) is 0. The van der Waals surface area contributed by atoms with Crippen molar-refractivity contribution in [3.05, 3.63) is 56.6 Å². The Balaban J connectivity index is 2.50. The minimum Gasteiger partial charge on any atom is -0.505 e. The molecule has 0 saturated heterocycles. The maximum absolute atomic E-state index is 12.6. The molecule has 0 aromatic heterocycles. The van der Waals surface area contributed by atoms with E-state index in [1.807, 2.05) is 20.8 Å². The summed E-state index contributed by atoms with van der Waals surface area (Å²) in [6.07, 6.45) is 0.570. The van der Waals surface area contributed by atoms with E-state index in [0.717, 1.165) is 5.56 Å². The monoisotopic (exact) mass is 396 g/mol. The van der Waals surface area contributed by atoms with Crippen LogP contribution in [0.2, 0.25) is 10.0 Å². The van der Waals surface area contributed by atoms with Crippen LogP contribution in [-0.2, 0) is 6.42 Å². The van der Waals surface area contributed by atoms with Crippen molar-refractivity contribution in [3.8, 4) is 11.5 Å². The third kappa shape index (κ3) is 4.11. The standard InChI is InChI=1S/C19H18Cl2O5/c1-4-10-5-13(18(23)24)17(15(21)6-10)26-19(25)12-7-11(9(2)3)8-14(20)16(12)22/h5-9,22H,4H2,1-3H3,(H,23,24). The Morgan fingerprint density at radius 3 is 2.27 bits per heavy atom. The molecule has 0 amide bonds. The zero-order chi connectivity index (χ0) is 19.6. The van der Waals surface area contributed by atoms with E-state index in [9.17, 15) is 19.8 Å². The molecular formula is C19H18Cl2O5. The number of hydrogen-bond donors (Lipinski definition) is 2. The van der Waals surface area contributed by atoms with Gasteiger partial charge in [-0.05, 0) is 47.7 Å². The molecule has 2 aromatic rings. The second-order valence-corrected chi connectivity index (χ2v) is 6.87. The summed E-state index contributed by atoms with van der Waals surface area (Å²) < 4.78 is 5.22. The van der Waals surface area contributed by atoms with Crippen molar-refractivity contribution < 1.29 is 24.5 Å². The van der Waals surface area contributed by atoms with Crippen LogP contribution in [0.1, 0.15) is 58.5 Å². The van der Waals surface area contributed by atoms with Crippen molar-refractivity contribution in [2.75, 3.05) is 0 Å². The molecule has 5 nitrogen and oxygen atoms in total. The van der Waals surface area contributed by atoms with Gasteiger partial charge in [0.2, 0.25) is 0 Å². The molecule has 0 spiro atoms. The highest BCUT2D eigenvalue weighted by atomic mass is 35.5. The highest BCUT2D eigenvalue weighted by Gasteiger charge is 2.23.